The molecule has 228 valence electrons. The smallest absolute Gasteiger partial charge is 0.135 e. The van der Waals surface area contributed by atoms with Crippen LogP contribution in [0.15, 0.2) is 186 Å². The molecule has 1 nitrogen and oxygen atoms in total. The molecule has 49 heavy (non-hydrogen) atoms. The summed E-state index contributed by atoms with van der Waals surface area (Å²) in [6.07, 6.45) is 0. The monoisotopic (exact) mass is 622 g/mol. The van der Waals surface area contributed by atoms with E-state index in [9.17, 15) is 0 Å². The van der Waals surface area contributed by atoms with Gasteiger partial charge in [-0.25, -0.2) is 0 Å². The van der Waals surface area contributed by atoms with E-state index in [1.807, 2.05) is 12.1 Å². The predicted molar refractivity (Wildman–Crippen MR) is 208 cm³/mol. The lowest BCUT2D eigenvalue weighted by Crippen LogP contribution is -1.92. The van der Waals surface area contributed by atoms with Crippen molar-refractivity contribution < 1.29 is 4.42 Å². The molecule has 1 heterocycles. The highest BCUT2D eigenvalue weighted by Crippen LogP contribution is 2.46. The Morgan fingerprint density at radius 1 is 0.265 bits per heavy atom. The zero-order valence-electron chi connectivity index (χ0n) is 26.7. The molecule has 0 aliphatic rings. The fourth-order valence-electron chi connectivity index (χ4n) is 7.77. The number of para-hydroxylation sites is 1. The van der Waals surface area contributed by atoms with Crippen molar-refractivity contribution in [3.8, 4) is 44.5 Å². The molecule has 9 aromatic carbocycles. The Kier molecular flexibility index (Phi) is 6.25. The molecule has 0 spiro atoms. The van der Waals surface area contributed by atoms with Crippen molar-refractivity contribution in [2.75, 3.05) is 0 Å². The van der Waals surface area contributed by atoms with Crippen molar-refractivity contribution in [1.29, 1.82) is 0 Å². The maximum Gasteiger partial charge on any atom is 0.135 e. The Balaban J connectivity index is 1.15. The summed E-state index contributed by atoms with van der Waals surface area (Å²) < 4.78 is 6.09. The third-order valence-electron chi connectivity index (χ3n) is 10.1. The van der Waals surface area contributed by atoms with Gasteiger partial charge < -0.3 is 4.42 Å². The summed E-state index contributed by atoms with van der Waals surface area (Å²) in [5.41, 5.74) is 11.7. The lowest BCUT2D eigenvalue weighted by Gasteiger charge is -2.20. The van der Waals surface area contributed by atoms with Crippen LogP contribution in [0.2, 0.25) is 0 Å². The molecule has 0 atom stereocenters. The fraction of sp³-hybridized carbons (Fsp3) is 0. The minimum absolute atomic E-state index is 0.918. The molecule has 0 N–H and O–H groups in total. The highest BCUT2D eigenvalue weighted by molar-refractivity contribution is 6.22. The molecule has 10 rings (SSSR count). The average Bonchev–Trinajstić information content (AvgIpc) is 3.55. The molecule has 10 aromatic rings. The Morgan fingerprint density at radius 3 is 1.51 bits per heavy atom. The molecule has 0 aliphatic carbocycles. The second kappa shape index (κ2) is 11.1. The van der Waals surface area contributed by atoms with Gasteiger partial charge in [-0.2, -0.15) is 0 Å². The van der Waals surface area contributed by atoms with Gasteiger partial charge in [0.15, 0.2) is 0 Å². The number of hydrogen-bond donors (Lipinski definition) is 0. The van der Waals surface area contributed by atoms with Crippen LogP contribution in [0.5, 0.6) is 0 Å². The Morgan fingerprint density at radius 2 is 0.776 bits per heavy atom. The second-order valence-electron chi connectivity index (χ2n) is 12.8. The van der Waals surface area contributed by atoms with E-state index in [1.54, 1.807) is 0 Å². The molecule has 0 saturated heterocycles. The molecule has 0 unspecified atom stereocenters. The van der Waals surface area contributed by atoms with Crippen molar-refractivity contribution in [2.24, 2.45) is 0 Å². The van der Waals surface area contributed by atoms with E-state index in [0.29, 0.717) is 0 Å². The molecular formula is C48H30O. The van der Waals surface area contributed by atoms with Crippen LogP contribution < -0.4 is 0 Å². The van der Waals surface area contributed by atoms with Gasteiger partial charge in [-0.3, -0.25) is 0 Å². The van der Waals surface area contributed by atoms with Crippen LogP contribution in [-0.4, -0.2) is 0 Å². The molecule has 1 aromatic heterocycles. The minimum atomic E-state index is 0.918. The van der Waals surface area contributed by atoms with Crippen molar-refractivity contribution in [3.63, 3.8) is 0 Å². The van der Waals surface area contributed by atoms with Crippen molar-refractivity contribution in [2.45, 2.75) is 0 Å². The zero-order chi connectivity index (χ0) is 32.3. The van der Waals surface area contributed by atoms with E-state index >= 15 is 0 Å². The van der Waals surface area contributed by atoms with E-state index in [1.165, 1.54) is 76.8 Å². The summed E-state index contributed by atoms with van der Waals surface area (Å²) in [5.74, 6) is 0. The lowest BCUT2D eigenvalue weighted by atomic mass is 9.83. The first-order valence-corrected chi connectivity index (χ1v) is 16.8. The van der Waals surface area contributed by atoms with Crippen LogP contribution in [0.1, 0.15) is 0 Å². The quantitative estimate of drug-likeness (QED) is 0.178. The van der Waals surface area contributed by atoms with E-state index in [2.05, 4.69) is 170 Å². The highest BCUT2D eigenvalue weighted by Gasteiger charge is 2.19. The van der Waals surface area contributed by atoms with E-state index in [0.717, 1.165) is 21.9 Å². The van der Waals surface area contributed by atoms with Crippen LogP contribution in [-0.2, 0) is 0 Å². The Hall–Kier alpha value is -6.44. The van der Waals surface area contributed by atoms with Crippen molar-refractivity contribution in [3.05, 3.63) is 182 Å². The molecule has 0 fully saturated rings. The molecule has 1 heteroatoms. The van der Waals surface area contributed by atoms with E-state index in [-0.39, 0.29) is 0 Å². The van der Waals surface area contributed by atoms with Gasteiger partial charge in [0.2, 0.25) is 0 Å². The van der Waals surface area contributed by atoms with Gasteiger partial charge in [0.25, 0.3) is 0 Å². The van der Waals surface area contributed by atoms with Gasteiger partial charge in [-0.1, -0.05) is 158 Å². The Labute approximate surface area is 284 Å². The zero-order valence-corrected chi connectivity index (χ0v) is 26.7. The highest BCUT2D eigenvalue weighted by atomic mass is 16.3. The van der Waals surface area contributed by atoms with Crippen molar-refractivity contribution >= 4 is 54.3 Å². The summed E-state index contributed by atoms with van der Waals surface area (Å²) in [6, 6.07) is 65.9. The summed E-state index contributed by atoms with van der Waals surface area (Å²) in [4.78, 5) is 0. The van der Waals surface area contributed by atoms with Gasteiger partial charge in [0.1, 0.15) is 11.2 Å². The predicted octanol–water partition coefficient (Wildman–Crippen LogP) is 13.7. The maximum absolute atomic E-state index is 6.09. The largest absolute Gasteiger partial charge is 0.456 e. The number of benzene rings is 9. The second-order valence-corrected chi connectivity index (χ2v) is 12.8. The first-order valence-electron chi connectivity index (χ1n) is 16.8. The number of furan rings is 1. The Bertz CT molecular complexity index is 2810. The summed E-state index contributed by atoms with van der Waals surface area (Å²) in [6.45, 7) is 0. The number of rotatable bonds is 4. The lowest BCUT2D eigenvalue weighted by molar-refractivity contribution is 0.669. The molecule has 0 bridgehead atoms. The minimum Gasteiger partial charge on any atom is -0.456 e. The maximum atomic E-state index is 6.09. The molecule has 0 radical (unpaired) electrons. The van der Waals surface area contributed by atoms with Crippen LogP contribution in [0.4, 0.5) is 0 Å². The van der Waals surface area contributed by atoms with E-state index < -0.39 is 0 Å². The summed E-state index contributed by atoms with van der Waals surface area (Å²) >= 11 is 0. The van der Waals surface area contributed by atoms with Gasteiger partial charge >= 0.3 is 0 Å². The average molecular weight is 623 g/mol. The van der Waals surface area contributed by atoms with Gasteiger partial charge in [0.05, 0.1) is 0 Å². The number of fused-ring (bicyclic) bond motifs is 6. The SMILES string of the molecule is c1ccc(-c2c3ccccc3c(-c3ccc(-c4ccc5oc6ccccc6c5c4)cc3)c3ccccc23)c(-c2ccc3ccccc3c2)c1. The summed E-state index contributed by atoms with van der Waals surface area (Å²) in [5, 5.41) is 9.82. The van der Waals surface area contributed by atoms with Crippen LogP contribution in [0.3, 0.4) is 0 Å². The first-order chi connectivity index (χ1) is 24.3. The van der Waals surface area contributed by atoms with Crippen molar-refractivity contribution in [1.82, 2.24) is 0 Å². The molecule has 0 amide bonds. The normalized spacial score (nSPS) is 11.7. The van der Waals surface area contributed by atoms with Gasteiger partial charge in [-0.15, -0.1) is 0 Å². The topological polar surface area (TPSA) is 13.1 Å². The third kappa shape index (κ3) is 4.47. The molecule has 0 aliphatic heterocycles. The fourth-order valence-corrected chi connectivity index (χ4v) is 7.77. The third-order valence-corrected chi connectivity index (χ3v) is 10.1. The standard InChI is InChI=1S/C48H30O/c1-2-12-34-29-36(26-23-31(34)11-1)37-13-3-4-15-39(37)48-42-18-7-5-16-40(42)47(41-17-6-8-19-43(41)48)33-24-21-32(22-25-33)35-27-28-46-44(30-35)38-14-9-10-20-45(38)49-46/h1-30H. The summed E-state index contributed by atoms with van der Waals surface area (Å²) in [7, 11) is 0. The van der Waals surface area contributed by atoms with Crippen LogP contribution in [0, 0.1) is 0 Å². The molecule has 0 saturated carbocycles. The van der Waals surface area contributed by atoms with Crippen LogP contribution in [0.25, 0.3) is 98.8 Å². The van der Waals surface area contributed by atoms with E-state index in [4.69, 9.17) is 4.42 Å². The first kappa shape index (κ1) is 27.7. The van der Waals surface area contributed by atoms with Gasteiger partial charge in [-0.05, 0) is 101 Å². The van der Waals surface area contributed by atoms with Gasteiger partial charge in [0, 0.05) is 10.8 Å². The number of hydrogen-bond acceptors (Lipinski definition) is 1. The van der Waals surface area contributed by atoms with Crippen LogP contribution >= 0.6 is 0 Å². The molecular weight excluding hydrogens is 593 g/mol.